The second-order valence-electron chi connectivity index (χ2n) is 7.37. The zero-order valence-corrected chi connectivity index (χ0v) is 16.0. The molecule has 0 aliphatic heterocycles. The van der Waals surface area contributed by atoms with Crippen molar-refractivity contribution in [1.82, 2.24) is 19.3 Å². The summed E-state index contributed by atoms with van der Waals surface area (Å²) in [5, 5.41) is 15.4. The molecule has 1 N–H and O–H groups in total. The highest BCUT2D eigenvalue weighted by atomic mass is 16.3. The van der Waals surface area contributed by atoms with Gasteiger partial charge >= 0.3 is 0 Å². The minimum Gasteiger partial charge on any atom is -0.390 e. The van der Waals surface area contributed by atoms with Crippen LogP contribution in [-0.4, -0.2) is 30.5 Å². The van der Waals surface area contributed by atoms with E-state index in [4.69, 9.17) is 4.98 Å². The van der Waals surface area contributed by atoms with Gasteiger partial charge in [-0.25, -0.2) is 4.98 Å². The van der Waals surface area contributed by atoms with Gasteiger partial charge in [0, 0.05) is 23.7 Å². The van der Waals surface area contributed by atoms with Crippen molar-refractivity contribution in [2.24, 2.45) is 0 Å². The van der Waals surface area contributed by atoms with Gasteiger partial charge in [0.15, 0.2) is 0 Å². The van der Waals surface area contributed by atoms with Crippen LogP contribution in [0, 0.1) is 0 Å². The summed E-state index contributed by atoms with van der Waals surface area (Å²) in [6.07, 6.45) is 7.69. The van der Waals surface area contributed by atoms with Gasteiger partial charge in [-0.05, 0) is 11.1 Å². The van der Waals surface area contributed by atoms with Crippen LogP contribution in [0.5, 0.6) is 0 Å². The molecule has 0 amide bonds. The molecular formula is C24H22N4O. The van der Waals surface area contributed by atoms with Crippen molar-refractivity contribution in [3.8, 4) is 22.5 Å². The molecule has 2 atom stereocenters. The lowest BCUT2D eigenvalue weighted by Crippen LogP contribution is -2.21. The van der Waals surface area contributed by atoms with Gasteiger partial charge in [-0.1, -0.05) is 60.7 Å². The maximum absolute atomic E-state index is 10.9. The van der Waals surface area contributed by atoms with E-state index in [1.54, 1.807) is 0 Å². The van der Waals surface area contributed by atoms with Crippen LogP contribution in [-0.2, 0) is 13.0 Å². The first-order valence-corrected chi connectivity index (χ1v) is 9.78. The number of aliphatic hydroxyl groups excluding tert-OH is 1. The SMILES string of the molecule is C=CCn1cc(-c2c(-c3ccccc3)ncn2[C@H]2c3ccccc3C[C@H]2O)cn1. The van der Waals surface area contributed by atoms with Crippen molar-refractivity contribution in [2.75, 3.05) is 0 Å². The number of aromatic nitrogens is 4. The molecule has 5 rings (SSSR count). The van der Waals surface area contributed by atoms with Crippen molar-refractivity contribution in [1.29, 1.82) is 0 Å². The zero-order chi connectivity index (χ0) is 19.8. The van der Waals surface area contributed by atoms with Crippen LogP contribution >= 0.6 is 0 Å². The third-order valence-corrected chi connectivity index (χ3v) is 5.53. The summed E-state index contributed by atoms with van der Waals surface area (Å²) in [5.74, 6) is 0. The molecule has 2 aromatic heterocycles. The Balaban J connectivity index is 1.70. The highest BCUT2D eigenvalue weighted by Gasteiger charge is 2.34. The Morgan fingerprint density at radius 2 is 1.86 bits per heavy atom. The van der Waals surface area contributed by atoms with Gasteiger partial charge < -0.3 is 9.67 Å². The van der Waals surface area contributed by atoms with E-state index in [0.29, 0.717) is 13.0 Å². The summed E-state index contributed by atoms with van der Waals surface area (Å²) >= 11 is 0. The first-order valence-electron chi connectivity index (χ1n) is 9.78. The van der Waals surface area contributed by atoms with Gasteiger partial charge in [0.25, 0.3) is 0 Å². The molecule has 2 heterocycles. The Morgan fingerprint density at radius 3 is 2.69 bits per heavy atom. The Kier molecular flexibility index (Phi) is 4.37. The fourth-order valence-corrected chi connectivity index (χ4v) is 4.27. The van der Waals surface area contributed by atoms with Gasteiger partial charge in [0.2, 0.25) is 0 Å². The number of rotatable bonds is 5. The summed E-state index contributed by atoms with van der Waals surface area (Å²) in [6.45, 7) is 4.44. The van der Waals surface area contributed by atoms with Crippen molar-refractivity contribution < 1.29 is 5.11 Å². The molecule has 0 spiro atoms. The topological polar surface area (TPSA) is 55.9 Å². The number of hydrogen-bond donors (Lipinski definition) is 1. The molecule has 29 heavy (non-hydrogen) atoms. The van der Waals surface area contributed by atoms with E-state index in [1.807, 2.05) is 59.8 Å². The number of fused-ring (bicyclic) bond motifs is 1. The number of imidazole rings is 1. The third-order valence-electron chi connectivity index (χ3n) is 5.53. The van der Waals surface area contributed by atoms with E-state index in [2.05, 4.69) is 40.5 Å². The van der Waals surface area contributed by atoms with Gasteiger partial charge in [0.1, 0.15) is 0 Å². The Hall–Kier alpha value is -3.44. The monoisotopic (exact) mass is 382 g/mol. The quantitative estimate of drug-likeness (QED) is 0.529. The van der Waals surface area contributed by atoms with Crippen LogP contribution in [0.4, 0.5) is 0 Å². The highest BCUT2D eigenvalue weighted by molar-refractivity contribution is 5.78. The molecule has 0 bridgehead atoms. The normalized spacial score (nSPS) is 18.0. The van der Waals surface area contributed by atoms with Crippen LogP contribution in [0.2, 0.25) is 0 Å². The zero-order valence-electron chi connectivity index (χ0n) is 16.0. The van der Waals surface area contributed by atoms with E-state index in [9.17, 15) is 5.11 Å². The average molecular weight is 382 g/mol. The molecule has 0 radical (unpaired) electrons. The van der Waals surface area contributed by atoms with Crippen molar-refractivity contribution >= 4 is 0 Å². The standard InChI is InChI=1S/C24H22N4O/c1-2-12-27-15-19(14-26-27)23-22(17-8-4-3-5-9-17)25-16-28(23)24-20-11-7-6-10-18(20)13-21(24)29/h2-11,14-16,21,24,29H,1,12-13H2/t21-,24+/m1/s1. The molecular weight excluding hydrogens is 360 g/mol. The fourth-order valence-electron chi connectivity index (χ4n) is 4.27. The molecule has 0 saturated heterocycles. The van der Waals surface area contributed by atoms with Gasteiger partial charge in [-0.3, -0.25) is 4.68 Å². The van der Waals surface area contributed by atoms with Crippen LogP contribution in [0.15, 0.2) is 86.0 Å². The second-order valence-corrected chi connectivity index (χ2v) is 7.37. The van der Waals surface area contributed by atoms with Crippen molar-refractivity contribution in [3.05, 3.63) is 97.1 Å². The summed E-state index contributed by atoms with van der Waals surface area (Å²) in [5.41, 5.74) is 6.20. The molecule has 5 heteroatoms. The Bertz CT molecular complexity index is 1160. The molecule has 1 aliphatic rings. The predicted molar refractivity (Wildman–Crippen MR) is 113 cm³/mol. The molecule has 0 saturated carbocycles. The van der Waals surface area contributed by atoms with Crippen LogP contribution in [0.3, 0.4) is 0 Å². The Morgan fingerprint density at radius 1 is 1.07 bits per heavy atom. The van der Waals surface area contributed by atoms with Crippen LogP contribution in [0.1, 0.15) is 17.2 Å². The van der Waals surface area contributed by atoms with Gasteiger partial charge in [-0.15, -0.1) is 6.58 Å². The first-order chi connectivity index (χ1) is 14.3. The third kappa shape index (κ3) is 3.00. The molecule has 0 unspecified atom stereocenters. The number of hydrogen-bond acceptors (Lipinski definition) is 3. The molecule has 2 aromatic carbocycles. The summed E-state index contributed by atoms with van der Waals surface area (Å²) in [7, 11) is 0. The summed E-state index contributed by atoms with van der Waals surface area (Å²) in [4.78, 5) is 4.76. The smallest absolute Gasteiger partial charge is 0.0965 e. The minimum absolute atomic E-state index is 0.172. The number of aliphatic hydroxyl groups is 1. The molecule has 0 fully saturated rings. The number of allylic oxidation sites excluding steroid dienone is 1. The predicted octanol–water partition coefficient (Wildman–Crippen LogP) is 4.11. The van der Waals surface area contributed by atoms with Crippen LogP contribution < -0.4 is 0 Å². The van der Waals surface area contributed by atoms with E-state index >= 15 is 0 Å². The van der Waals surface area contributed by atoms with E-state index in [1.165, 1.54) is 5.56 Å². The van der Waals surface area contributed by atoms with Crippen molar-refractivity contribution in [3.63, 3.8) is 0 Å². The lowest BCUT2D eigenvalue weighted by atomic mass is 10.0. The molecule has 4 aromatic rings. The van der Waals surface area contributed by atoms with E-state index < -0.39 is 6.10 Å². The van der Waals surface area contributed by atoms with E-state index in [0.717, 1.165) is 28.1 Å². The van der Waals surface area contributed by atoms with Gasteiger partial charge in [-0.2, -0.15) is 5.10 Å². The van der Waals surface area contributed by atoms with E-state index in [-0.39, 0.29) is 6.04 Å². The van der Waals surface area contributed by atoms with Gasteiger partial charge in [0.05, 0.1) is 42.6 Å². The maximum atomic E-state index is 10.9. The molecule has 1 aliphatic carbocycles. The lowest BCUT2D eigenvalue weighted by molar-refractivity contribution is 0.145. The van der Waals surface area contributed by atoms with Crippen LogP contribution in [0.25, 0.3) is 22.5 Å². The summed E-state index contributed by atoms with van der Waals surface area (Å²) < 4.78 is 3.96. The highest BCUT2D eigenvalue weighted by Crippen LogP contribution is 2.40. The Labute approximate surface area is 169 Å². The lowest BCUT2D eigenvalue weighted by Gasteiger charge is -2.21. The number of benzene rings is 2. The average Bonchev–Trinajstić information content (AvgIpc) is 3.44. The minimum atomic E-state index is -0.493. The largest absolute Gasteiger partial charge is 0.390 e. The second kappa shape index (κ2) is 7.18. The first kappa shape index (κ1) is 17.6. The fraction of sp³-hybridized carbons (Fsp3) is 0.167. The maximum Gasteiger partial charge on any atom is 0.0965 e. The molecule has 144 valence electrons. The number of nitrogens with zero attached hydrogens (tertiary/aromatic N) is 4. The molecule has 5 nitrogen and oxygen atoms in total. The van der Waals surface area contributed by atoms with Crippen molar-refractivity contribution in [2.45, 2.75) is 25.1 Å². The summed E-state index contributed by atoms with van der Waals surface area (Å²) in [6, 6.07) is 18.2.